The summed E-state index contributed by atoms with van der Waals surface area (Å²) in [6.07, 6.45) is -2.93. The first-order chi connectivity index (χ1) is 20.7. The number of carbonyl (C=O) groups is 3. The lowest BCUT2D eigenvalue weighted by Crippen LogP contribution is -2.51. The highest BCUT2D eigenvalue weighted by molar-refractivity contribution is 6.35. The molecule has 2 atom stereocenters. The van der Waals surface area contributed by atoms with Gasteiger partial charge in [0.25, 0.3) is 11.8 Å². The lowest BCUT2D eigenvalue weighted by molar-refractivity contribution is -0.274. The summed E-state index contributed by atoms with van der Waals surface area (Å²) in [5.41, 5.74) is -1.83. The minimum absolute atomic E-state index is 0.00373. The molecule has 0 unspecified atom stereocenters. The molecular weight excluding hydrogens is 626 g/mol. The van der Waals surface area contributed by atoms with Gasteiger partial charge in [0.2, 0.25) is 11.9 Å². The van der Waals surface area contributed by atoms with Crippen LogP contribution in [0.1, 0.15) is 42.2 Å². The second-order valence-electron chi connectivity index (χ2n) is 11.4. The fraction of sp³-hybridized carbons (Fsp3) is 0.379. The van der Waals surface area contributed by atoms with Crippen LogP contribution in [0.25, 0.3) is 0 Å². The first-order valence-corrected chi connectivity index (χ1v) is 14.5. The number of carbonyl (C=O) groups excluding carboxylic acids is 3. The van der Waals surface area contributed by atoms with Crippen molar-refractivity contribution in [2.75, 3.05) is 18.0 Å². The molecule has 0 spiro atoms. The first kappa shape index (κ1) is 30.2. The molecule has 3 aromatic rings. The van der Waals surface area contributed by atoms with Gasteiger partial charge in [0.1, 0.15) is 22.5 Å². The van der Waals surface area contributed by atoms with E-state index in [0.717, 1.165) is 12.1 Å². The topological polar surface area (TPSA) is 117 Å². The van der Waals surface area contributed by atoms with Gasteiger partial charge in [-0.2, -0.15) is 0 Å². The van der Waals surface area contributed by atoms with Crippen LogP contribution < -0.4 is 15.0 Å². The summed E-state index contributed by atoms with van der Waals surface area (Å²) in [6, 6.07) is 9.60. The Kier molecular flexibility index (Phi) is 7.33. The number of anilines is 2. The van der Waals surface area contributed by atoms with Gasteiger partial charge < -0.3 is 20.1 Å². The van der Waals surface area contributed by atoms with E-state index in [1.54, 1.807) is 6.92 Å². The molecule has 3 amide bonds. The second-order valence-corrected chi connectivity index (χ2v) is 12.3. The molecule has 232 valence electrons. The number of aromatic nitrogens is 2. The summed E-state index contributed by atoms with van der Waals surface area (Å²) in [7, 11) is 0. The van der Waals surface area contributed by atoms with Crippen molar-refractivity contribution in [3.63, 3.8) is 0 Å². The van der Waals surface area contributed by atoms with Crippen molar-refractivity contribution >= 4 is 52.6 Å². The first-order valence-electron chi connectivity index (χ1n) is 13.7. The van der Waals surface area contributed by atoms with E-state index in [2.05, 4.69) is 15.0 Å². The van der Waals surface area contributed by atoms with Gasteiger partial charge in [-0.05, 0) is 62.1 Å². The standard InChI is InChI=1S/C29H26Cl2F3N5O5/c1-27(13-16-2-4-21(5-3-16)44-29(32,33)34)24(42)38(19-11-17(30)10-18(31)12-19)26-35-14-22(39(26)27)23(41)36-28(7-8-28)25(43)37-9-6-20(40)15-37/h2-5,10-12,14,20,40H,6-9,13,15H2,1H3,(H,36,41)/t20-,27+/m0/s1. The summed E-state index contributed by atoms with van der Waals surface area (Å²) in [5.74, 6) is -1.73. The van der Waals surface area contributed by atoms with Crippen LogP contribution in [0.15, 0.2) is 48.7 Å². The summed E-state index contributed by atoms with van der Waals surface area (Å²) >= 11 is 12.5. The number of amides is 3. The number of aliphatic hydroxyl groups excluding tert-OH is 1. The van der Waals surface area contributed by atoms with Gasteiger partial charge in [0.15, 0.2) is 0 Å². The Bertz CT molecular complexity index is 1640. The number of nitrogens with one attached hydrogen (secondary N) is 1. The predicted octanol–water partition coefficient (Wildman–Crippen LogP) is 4.58. The minimum Gasteiger partial charge on any atom is -0.406 e. The maximum atomic E-state index is 14.2. The van der Waals surface area contributed by atoms with Crippen LogP contribution in [0, 0.1) is 0 Å². The molecule has 2 fully saturated rings. The van der Waals surface area contributed by atoms with Crippen molar-refractivity contribution in [2.24, 2.45) is 0 Å². The van der Waals surface area contributed by atoms with Gasteiger partial charge in [-0.25, -0.2) is 9.88 Å². The highest BCUT2D eigenvalue weighted by Gasteiger charge is 2.56. The highest BCUT2D eigenvalue weighted by atomic mass is 35.5. The molecule has 2 aliphatic heterocycles. The van der Waals surface area contributed by atoms with Crippen LogP contribution in [0.4, 0.5) is 24.8 Å². The van der Waals surface area contributed by atoms with E-state index >= 15 is 0 Å². The molecule has 0 bridgehead atoms. The van der Waals surface area contributed by atoms with E-state index in [1.165, 1.54) is 50.9 Å². The molecule has 10 nitrogen and oxygen atoms in total. The van der Waals surface area contributed by atoms with E-state index in [0.29, 0.717) is 37.1 Å². The third-order valence-corrected chi connectivity index (χ3v) is 8.54. The van der Waals surface area contributed by atoms with Crippen LogP contribution in [0.2, 0.25) is 10.0 Å². The van der Waals surface area contributed by atoms with Crippen LogP contribution in [-0.4, -0.2) is 68.4 Å². The van der Waals surface area contributed by atoms with Gasteiger partial charge in [-0.3, -0.25) is 19.0 Å². The van der Waals surface area contributed by atoms with Crippen LogP contribution >= 0.6 is 23.2 Å². The van der Waals surface area contributed by atoms with E-state index < -0.39 is 41.1 Å². The van der Waals surface area contributed by atoms with Crippen molar-refractivity contribution in [2.45, 2.75) is 56.2 Å². The molecule has 1 saturated carbocycles. The highest BCUT2D eigenvalue weighted by Crippen LogP contribution is 2.44. The van der Waals surface area contributed by atoms with Gasteiger partial charge in [0.05, 0.1) is 18.0 Å². The third kappa shape index (κ3) is 5.48. The number of hydrogen-bond donors (Lipinski definition) is 2. The number of rotatable bonds is 7. The molecule has 2 N–H and O–H groups in total. The molecule has 3 heterocycles. The average Bonchev–Trinajstić information content (AvgIpc) is 3.27. The minimum atomic E-state index is -4.86. The Morgan fingerprint density at radius 1 is 1.14 bits per heavy atom. The molecule has 1 aromatic heterocycles. The largest absolute Gasteiger partial charge is 0.573 e. The van der Waals surface area contributed by atoms with Crippen molar-refractivity contribution in [3.8, 4) is 5.75 Å². The molecule has 6 rings (SSSR count). The fourth-order valence-electron chi connectivity index (χ4n) is 5.86. The number of hydrogen-bond acceptors (Lipinski definition) is 6. The lowest BCUT2D eigenvalue weighted by atomic mass is 9.91. The molecule has 44 heavy (non-hydrogen) atoms. The molecule has 1 aliphatic carbocycles. The number of imidazole rings is 1. The molecule has 2 aromatic carbocycles. The second kappa shape index (κ2) is 10.7. The van der Waals surface area contributed by atoms with Gasteiger partial charge >= 0.3 is 6.36 Å². The number of nitrogens with zero attached hydrogens (tertiary/aromatic N) is 4. The van der Waals surface area contributed by atoms with Crippen molar-refractivity contribution < 1.29 is 37.4 Å². The zero-order valence-electron chi connectivity index (χ0n) is 23.2. The Hall–Kier alpha value is -3.81. The summed E-state index contributed by atoms with van der Waals surface area (Å²) in [5, 5.41) is 13.2. The smallest absolute Gasteiger partial charge is 0.406 e. The zero-order valence-corrected chi connectivity index (χ0v) is 24.7. The van der Waals surface area contributed by atoms with E-state index in [-0.39, 0.29) is 40.6 Å². The number of benzene rings is 2. The fourth-order valence-corrected chi connectivity index (χ4v) is 6.38. The summed E-state index contributed by atoms with van der Waals surface area (Å²) in [6.45, 7) is 2.17. The number of ether oxygens (including phenoxy) is 1. The normalized spacial score (nSPS) is 22.2. The van der Waals surface area contributed by atoms with Gasteiger partial charge in [-0.15, -0.1) is 13.2 Å². The SMILES string of the molecule is C[C@@]1(Cc2ccc(OC(F)(F)F)cc2)C(=O)N(c2cc(Cl)cc(Cl)c2)c2ncc(C(=O)NC3(C(=O)N4CC[C@H](O)C4)CC3)n21. The third-order valence-electron chi connectivity index (χ3n) is 8.11. The molecular formula is C29H26Cl2F3N5O5. The average molecular weight is 652 g/mol. The molecule has 1 saturated heterocycles. The maximum Gasteiger partial charge on any atom is 0.573 e. The van der Waals surface area contributed by atoms with Crippen LogP contribution in [0.5, 0.6) is 5.75 Å². The molecule has 3 aliphatic rings. The Morgan fingerprint density at radius 2 is 1.80 bits per heavy atom. The zero-order chi connectivity index (χ0) is 31.6. The molecule has 0 radical (unpaired) electrons. The molecule has 15 heteroatoms. The summed E-state index contributed by atoms with van der Waals surface area (Å²) in [4.78, 5) is 48.5. The number of β-amino-alcohol motifs (C(OH)–C–C–N with tert-alkyl or cyclic N) is 1. The van der Waals surface area contributed by atoms with Crippen LogP contribution in [0.3, 0.4) is 0 Å². The van der Waals surface area contributed by atoms with Crippen molar-refractivity contribution in [3.05, 3.63) is 70.0 Å². The van der Waals surface area contributed by atoms with Gasteiger partial charge in [-0.1, -0.05) is 35.3 Å². The quantitative estimate of drug-likeness (QED) is 0.386. The van der Waals surface area contributed by atoms with Crippen molar-refractivity contribution in [1.82, 2.24) is 19.8 Å². The monoisotopic (exact) mass is 651 g/mol. The van der Waals surface area contributed by atoms with E-state index in [1.807, 2.05) is 0 Å². The number of alkyl halides is 3. The maximum absolute atomic E-state index is 14.2. The number of fused-ring (bicyclic) bond motifs is 1. The van der Waals surface area contributed by atoms with E-state index in [4.69, 9.17) is 23.2 Å². The Morgan fingerprint density at radius 3 is 2.36 bits per heavy atom. The van der Waals surface area contributed by atoms with E-state index in [9.17, 15) is 32.7 Å². The number of halogens is 5. The number of aliphatic hydroxyl groups is 1. The summed E-state index contributed by atoms with van der Waals surface area (Å²) < 4.78 is 43.5. The van der Waals surface area contributed by atoms with Crippen molar-refractivity contribution in [1.29, 1.82) is 0 Å². The number of likely N-dealkylation sites (tertiary alicyclic amines) is 1. The van der Waals surface area contributed by atoms with Gasteiger partial charge in [0, 0.05) is 29.6 Å². The Labute approximate surface area is 259 Å². The van der Waals surface area contributed by atoms with Crippen LogP contribution in [-0.2, 0) is 21.5 Å². The Balaban J connectivity index is 1.36. The predicted molar refractivity (Wildman–Crippen MR) is 153 cm³/mol. The lowest BCUT2D eigenvalue weighted by Gasteiger charge is -2.28.